The Morgan fingerprint density at radius 2 is 2.09 bits per heavy atom. The summed E-state index contributed by atoms with van der Waals surface area (Å²) in [7, 11) is -3.22. The lowest BCUT2D eigenvalue weighted by atomic mass is 9.79. The van der Waals surface area contributed by atoms with Crippen molar-refractivity contribution in [3.05, 3.63) is 18.1 Å². The van der Waals surface area contributed by atoms with E-state index < -0.39 is 15.4 Å². The van der Waals surface area contributed by atoms with Crippen LogP contribution in [-0.2, 0) is 20.2 Å². The summed E-state index contributed by atoms with van der Waals surface area (Å²) in [6.45, 7) is 0.630. The molecule has 9 heteroatoms. The molecule has 1 aromatic rings. The molecule has 0 bridgehead atoms. The molecule has 1 saturated heterocycles. The SMILES string of the molecule is CS(=O)(=O)N1CCC(C=O)(c2nccc(NSC3CC3)n2)CC1. The third kappa shape index (κ3) is 3.84. The molecule has 0 radical (unpaired) electrons. The lowest BCUT2D eigenvalue weighted by molar-refractivity contribution is -0.114. The molecule has 1 aromatic heterocycles. The second-order valence-corrected chi connectivity index (χ2v) is 9.21. The Morgan fingerprint density at radius 3 is 2.65 bits per heavy atom. The summed E-state index contributed by atoms with van der Waals surface area (Å²) in [6, 6.07) is 1.78. The lowest BCUT2D eigenvalue weighted by Crippen LogP contribution is -2.46. The molecule has 0 spiro atoms. The zero-order chi connectivity index (χ0) is 16.5. The number of aromatic nitrogens is 2. The van der Waals surface area contributed by atoms with E-state index in [1.54, 1.807) is 24.2 Å². The number of piperidine rings is 1. The van der Waals surface area contributed by atoms with Crippen molar-refractivity contribution < 1.29 is 13.2 Å². The quantitative estimate of drug-likeness (QED) is 0.604. The molecule has 1 aliphatic heterocycles. The van der Waals surface area contributed by atoms with Gasteiger partial charge in [-0.25, -0.2) is 22.7 Å². The number of hydrogen-bond acceptors (Lipinski definition) is 7. The van der Waals surface area contributed by atoms with E-state index >= 15 is 0 Å². The van der Waals surface area contributed by atoms with Gasteiger partial charge in [0, 0.05) is 24.5 Å². The monoisotopic (exact) mass is 356 g/mol. The molecule has 2 heterocycles. The molecule has 23 heavy (non-hydrogen) atoms. The molecular formula is C14H20N4O3S2. The van der Waals surface area contributed by atoms with Crippen LogP contribution in [0.15, 0.2) is 12.3 Å². The highest BCUT2D eigenvalue weighted by Crippen LogP contribution is 2.35. The molecule has 126 valence electrons. The number of nitrogens with zero attached hydrogens (tertiary/aromatic N) is 3. The Labute approximate surface area is 140 Å². The van der Waals surface area contributed by atoms with Crippen LogP contribution < -0.4 is 4.72 Å². The number of anilines is 1. The average Bonchev–Trinajstić information content (AvgIpc) is 3.37. The zero-order valence-electron chi connectivity index (χ0n) is 12.9. The third-order valence-corrected chi connectivity index (χ3v) is 6.70. The summed E-state index contributed by atoms with van der Waals surface area (Å²) in [6.07, 6.45) is 6.96. The fourth-order valence-corrected chi connectivity index (χ4v) is 4.21. The van der Waals surface area contributed by atoms with Crippen molar-refractivity contribution in [2.45, 2.75) is 36.3 Å². The van der Waals surface area contributed by atoms with Crippen molar-refractivity contribution in [2.75, 3.05) is 24.1 Å². The van der Waals surface area contributed by atoms with Crippen LogP contribution in [0.1, 0.15) is 31.5 Å². The van der Waals surface area contributed by atoms with Crippen molar-refractivity contribution >= 4 is 34.1 Å². The first-order chi connectivity index (χ1) is 10.9. The minimum Gasteiger partial charge on any atom is -0.314 e. The van der Waals surface area contributed by atoms with Crippen LogP contribution in [-0.4, -0.2) is 53.6 Å². The summed E-state index contributed by atoms with van der Waals surface area (Å²) in [5.41, 5.74) is -0.802. The maximum atomic E-state index is 11.8. The van der Waals surface area contributed by atoms with Crippen molar-refractivity contribution in [3.8, 4) is 0 Å². The fourth-order valence-electron chi connectivity index (χ4n) is 2.60. The van der Waals surface area contributed by atoms with E-state index in [0.717, 1.165) is 6.29 Å². The van der Waals surface area contributed by atoms with E-state index in [4.69, 9.17) is 0 Å². The first-order valence-electron chi connectivity index (χ1n) is 7.60. The van der Waals surface area contributed by atoms with Gasteiger partial charge in [0.15, 0.2) is 0 Å². The number of nitrogens with one attached hydrogen (secondary N) is 1. The van der Waals surface area contributed by atoms with E-state index in [9.17, 15) is 13.2 Å². The minimum atomic E-state index is -3.22. The first kappa shape index (κ1) is 16.7. The van der Waals surface area contributed by atoms with Crippen LogP contribution >= 0.6 is 11.9 Å². The highest BCUT2D eigenvalue weighted by atomic mass is 32.2. The predicted molar refractivity (Wildman–Crippen MR) is 89.7 cm³/mol. The average molecular weight is 356 g/mol. The number of carbonyl (C=O) groups is 1. The van der Waals surface area contributed by atoms with Crippen molar-refractivity contribution in [3.63, 3.8) is 0 Å². The summed E-state index contributed by atoms with van der Waals surface area (Å²) in [5.74, 6) is 1.17. The molecule has 2 fully saturated rings. The van der Waals surface area contributed by atoms with Crippen molar-refractivity contribution in [1.82, 2.24) is 14.3 Å². The number of aldehydes is 1. The number of hydrogen-bond donors (Lipinski definition) is 1. The van der Waals surface area contributed by atoms with E-state index in [1.165, 1.54) is 23.4 Å². The second kappa shape index (κ2) is 6.37. The molecule has 1 N–H and O–H groups in total. The largest absolute Gasteiger partial charge is 0.314 e. The Hall–Kier alpha value is -1.19. The van der Waals surface area contributed by atoms with Crippen LogP contribution in [0.2, 0.25) is 0 Å². The Bertz CT molecular complexity index is 683. The lowest BCUT2D eigenvalue weighted by Gasteiger charge is -2.35. The first-order valence-corrected chi connectivity index (χ1v) is 10.3. The Morgan fingerprint density at radius 1 is 1.39 bits per heavy atom. The smallest absolute Gasteiger partial charge is 0.211 e. The van der Waals surface area contributed by atoms with Gasteiger partial charge in [0.2, 0.25) is 10.0 Å². The third-order valence-electron chi connectivity index (χ3n) is 4.26. The van der Waals surface area contributed by atoms with E-state index in [2.05, 4.69) is 14.7 Å². The summed E-state index contributed by atoms with van der Waals surface area (Å²) in [5, 5.41) is 0.645. The normalized spacial score (nSPS) is 21.8. The molecule has 7 nitrogen and oxygen atoms in total. The van der Waals surface area contributed by atoms with E-state index in [0.29, 0.717) is 42.8 Å². The van der Waals surface area contributed by atoms with Crippen molar-refractivity contribution in [2.24, 2.45) is 0 Å². The zero-order valence-corrected chi connectivity index (χ0v) is 14.6. The topological polar surface area (TPSA) is 92.3 Å². The molecule has 3 rings (SSSR count). The molecule has 2 aliphatic rings. The van der Waals surface area contributed by atoms with Crippen LogP contribution in [0.3, 0.4) is 0 Å². The highest BCUT2D eigenvalue weighted by molar-refractivity contribution is 8.01. The van der Waals surface area contributed by atoms with E-state index in [-0.39, 0.29) is 0 Å². The van der Waals surface area contributed by atoms with Crippen molar-refractivity contribution in [1.29, 1.82) is 0 Å². The second-order valence-electron chi connectivity index (χ2n) is 6.12. The minimum absolute atomic E-state index is 0.315. The van der Waals surface area contributed by atoms with Crippen LogP contribution in [0.25, 0.3) is 0 Å². The maximum absolute atomic E-state index is 11.8. The van der Waals surface area contributed by atoms with Gasteiger partial charge in [-0.1, -0.05) is 0 Å². The molecule has 0 atom stereocenters. The van der Waals surface area contributed by atoms with Gasteiger partial charge in [0.25, 0.3) is 0 Å². The number of carbonyl (C=O) groups excluding carboxylic acids is 1. The van der Waals surface area contributed by atoms with Crippen LogP contribution in [0.5, 0.6) is 0 Å². The molecular weight excluding hydrogens is 336 g/mol. The van der Waals surface area contributed by atoms with Gasteiger partial charge in [-0.3, -0.25) is 0 Å². The summed E-state index contributed by atoms with van der Waals surface area (Å²) >= 11 is 1.64. The van der Waals surface area contributed by atoms with Crippen LogP contribution in [0.4, 0.5) is 5.82 Å². The van der Waals surface area contributed by atoms with Gasteiger partial charge in [-0.05, 0) is 43.7 Å². The molecule has 0 aromatic carbocycles. The van der Waals surface area contributed by atoms with Crippen LogP contribution in [0, 0.1) is 0 Å². The predicted octanol–water partition coefficient (Wildman–Crippen LogP) is 1.19. The summed E-state index contributed by atoms with van der Waals surface area (Å²) in [4.78, 5) is 20.5. The molecule has 0 amide bonds. The van der Waals surface area contributed by atoms with Gasteiger partial charge in [-0.15, -0.1) is 0 Å². The number of sulfonamides is 1. The Balaban J connectivity index is 1.75. The van der Waals surface area contributed by atoms with Gasteiger partial charge < -0.3 is 9.52 Å². The number of rotatable bonds is 6. The Kier molecular flexibility index (Phi) is 4.61. The van der Waals surface area contributed by atoms with Gasteiger partial charge >= 0.3 is 0 Å². The standard InChI is InChI=1S/C14H20N4O3S2/c1-23(20,21)18-8-5-14(10-19,6-9-18)13-15-7-4-12(16-13)17-22-11-2-3-11/h4,7,10-11H,2-3,5-6,8-9H2,1H3,(H,15,16,17). The van der Waals surface area contributed by atoms with E-state index in [1.807, 2.05) is 0 Å². The molecule has 0 unspecified atom stereocenters. The highest BCUT2D eigenvalue weighted by Gasteiger charge is 2.40. The maximum Gasteiger partial charge on any atom is 0.211 e. The van der Waals surface area contributed by atoms with Gasteiger partial charge in [0.1, 0.15) is 17.9 Å². The summed E-state index contributed by atoms with van der Waals surface area (Å²) < 4.78 is 27.9. The molecule has 1 saturated carbocycles. The van der Waals surface area contributed by atoms with Gasteiger partial charge in [0.05, 0.1) is 11.7 Å². The molecule has 1 aliphatic carbocycles. The fraction of sp³-hybridized carbons (Fsp3) is 0.643. The van der Waals surface area contributed by atoms with Gasteiger partial charge in [-0.2, -0.15) is 0 Å².